The van der Waals surface area contributed by atoms with E-state index in [0.29, 0.717) is 0 Å². The summed E-state index contributed by atoms with van der Waals surface area (Å²) >= 11 is 0. The first-order valence-electron chi connectivity index (χ1n) is 6.83. The molecule has 4 rings (SSSR count). The van der Waals surface area contributed by atoms with Crippen molar-refractivity contribution in [2.75, 3.05) is 5.32 Å². The molecule has 2 heterocycles. The van der Waals surface area contributed by atoms with Gasteiger partial charge in [-0.25, -0.2) is 4.39 Å². The summed E-state index contributed by atoms with van der Waals surface area (Å²) in [4.78, 5) is 0. The lowest BCUT2D eigenvalue weighted by molar-refractivity contribution is 0.489. The molecule has 3 heteroatoms. The number of hydrogen-bond donors (Lipinski definition) is 1. The number of halogens is 1. The maximum atomic E-state index is 13.2. The van der Waals surface area contributed by atoms with Crippen LogP contribution in [0.1, 0.15) is 23.8 Å². The van der Waals surface area contributed by atoms with Crippen molar-refractivity contribution in [2.45, 2.75) is 18.9 Å². The predicted octanol–water partition coefficient (Wildman–Crippen LogP) is 4.67. The summed E-state index contributed by atoms with van der Waals surface area (Å²) in [7, 11) is 0. The molecular weight excluding hydrogens is 253 g/mol. The summed E-state index contributed by atoms with van der Waals surface area (Å²) in [6, 6.07) is 15.0. The maximum absolute atomic E-state index is 13.2. The van der Waals surface area contributed by atoms with Crippen LogP contribution in [-0.2, 0) is 6.42 Å². The van der Waals surface area contributed by atoms with Crippen LogP contribution in [-0.4, -0.2) is 0 Å². The maximum Gasteiger partial charge on any atom is 0.134 e. The lowest BCUT2D eigenvalue weighted by atomic mass is 9.97. The average Bonchev–Trinajstić information content (AvgIpc) is 2.89. The largest absolute Gasteiger partial charge is 0.459 e. The summed E-state index contributed by atoms with van der Waals surface area (Å²) in [5.74, 6) is 0.645. The van der Waals surface area contributed by atoms with Crippen LogP contribution in [0.2, 0.25) is 0 Å². The molecule has 0 saturated carbocycles. The van der Waals surface area contributed by atoms with E-state index in [1.165, 1.54) is 17.7 Å². The Hall–Kier alpha value is -2.29. The highest BCUT2D eigenvalue weighted by molar-refractivity contribution is 5.78. The normalized spacial score (nSPS) is 17.8. The van der Waals surface area contributed by atoms with Crippen LogP contribution in [0.4, 0.5) is 10.1 Å². The molecule has 0 amide bonds. The Morgan fingerprint density at radius 3 is 2.95 bits per heavy atom. The van der Waals surface area contributed by atoms with Gasteiger partial charge in [0, 0.05) is 11.1 Å². The van der Waals surface area contributed by atoms with Crippen molar-refractivity contribution >= 4 is 16.7 Å². The second-order valence-corrected chi connectivity index (χ2v) is 5.22. The highest BCUT2D eigenvalue weighted by Crippen LogP contribution is 2.34. The fraction of sp³-hybridized carbons (Fsp3) is 0.176. The Balaban J connectivity index is 1.70. The summed E-state index contributed by atoms with van der Waals surface area (Å²) in [6.45, 7) is 0. The van der Waals surface area contributed by atoms with E-state index in [-0.39, 0.29) is 11.9 Å². The minimum absolute atomic E-state index is 0.153. The van der Waals surface area contributed by atoms with Gasteiger partial charge in [0.1, 0.15) is 17.2 Å². The fourth-order valence-corrected chi connectivity index (χ4v) is 2.86. The number of para-hydroxylation sites is 1. The number of benzene rings is 2. The molecule has 3 aromatic rings. The van der Waals surface area contributed by atoms with Crippen LogP contribution < -0.4 is 5.32 Å². The molecule has 0 saturated heterocycles. The quantitative estimate of drug-likeness (QED) is 0.693. The zero-order chi connectivity index (χ0) is 13.5. The summed E-state index contributed by atoms with van der Waals surface area (Å²) in [5.41, 5.74) is 3.24. The zero-order valence-corrected chi connectivity index (χ0v) is 10.9. The van der Waals surface area contributed by atoms with E-state index in [1.54, 1.807) is 6.07 Å². The van der Waals surface area contributed by atoms with Gasteiger partial charge in [-0.2, -0.15) is 0 Å². The number of nitrogens with one attached hydrogen (secondary N) is 1. The highest BCUT2D eigenvalue weighted by Gasteiger charge is 2.21. The number of fused-ring (bicyclic) bond motifs is 2. The molecule has 0 aliphatic carbocycles. The van der Waals surface area contributed by atoms with E-state index in [1.807, 2.05) is 12.1 Å². The first-order chi connectivity index (χ1) is 9.79. The smallest absolute Gasteiger partial charge is 0.134 e. The molecule has 0 spiro atoms. The predicted molar refractivity (Wildman–Crippen MR) is 77.3 cm³/mol. The van der Waals surface area contributed by atoms with Crippen molar-refractivity contribution in [3.05, 3.63) is 65.7 Å². The molecule has 20 heavy (non-hydrogen) atoms. The van der Waals surface area contributed by atoms with Gasteiger partial charge in [-0.05, 0) is 48.7 Å². The van der Waals surface area contributed by atoms with Gasteiger partial charge in [-0.1, -0.05) is 18.2 Å². The van der Waals surface area contributed by atoms with Gasteiger partial charge in [0.2, 0.25) is 0 Å². The number of anilines is 1. The van der Waals surface area contributed by atoms with Crippen molar-refractivity contribution in [3.63, 3.8) is 0 Å². The van der Waals surface area contributed by atoms with Gasteiger partial charge in [-0.3, -0.25) is 0 Å². The Labute approximate surface area is 116 Å². The fourth-order valence-electron chi connectivity index (χ4n) is 2.86. The number of rotatable bonds is 1. The van der Waals surface area contributed by atoms with Crippen molar-refractivity contribution < 1.29 is 8.81 Å². The molecular formula is C17H14FNO. The van der Waals surface area contributed by atoms with E-state index in [9.17, 15) is 4.39 Å². The van der Waals surface area contributed by atoms with Crippen LogP contribution in [0.3, 0.4) is 0 Å². The van der Waals surface area contributed by atoms with E-state index in [4.69, 9.17) is 4.42 Å². The zero-order valence-electron chi connectivity index (χ0n) is 10.9. The molecule has 1 atom stereocenters. The van der Waals surface area contributed by atoms with Gasteiger partial charge in [0.15, 0.2) is 0 Å². The SMILES string of the molecule is Fc1ccc2oc(C3CCc4ccccc4N3)cc2c1. The molecule has 1 aromatic heterocycles. The molecule has 2 nitrogen and oxygen atoms in total. The van der Waals surface area contributed by atoms with Crippen molar-refractivity contribution in [1.82, 2.24) is 0 Å². The summed E-state index contributed by atoms with van der Waals surface area (Å²) < 4.78 is 19.1. The van der Waals surface area contributed by atoms with Crippen LogP contribution in [0, 0.1) is 5.82 Å². The molecule has 0 radical (unpaired) electrons. The monoisotopic (exact) mass is 267 g/mol. The third-order valence-electron chi connectivity index (χ3n) is 3.89. The Kier molecular flexibility index (Phi) is 2.52. The number of aryl methyl sites for hydroxylation is 1. The highest BCUT2D eigenvalue weighted by atomic mass is 19.1. The number of hydrogen-bond acceptors (Lipinski definition) is 2. The van der Waals surface area contributed by atoms with Crippen molar-refractivity contribution in [2.24, 2.45) is 0 Å². The first-order valence-corrected chi connectivity index (χ1v) is 6.83. The first kappa shape index (κ1) is 11.5. The lowest BCUT2D eigenvalue weighted by Crippen LogP contribution is -2.17. The van der Waals surface area contributed by atoms with Gasteiger partial charge in [0.05, 0.1) is 6.04 Å². The Morgan fingerprint density at radius 2 is 2.00 bits per heavy atom. The molecule has 1 N–H and O–H groups in total. The average molecular weight is 267 g/mol. The van der Waals surface area contributed by atoms with E-state index >= 15 is 0 Å². The standard InChI is InChI=1S/C17H14FNO/c18-13-6-8-16-12(9-13)10-17(20-16)15-7-5-11-3-1-2-4-14(11)19-15/h1-4,6,8-10,15,19H,5,7H2. The minimum Gasteiger partial charge on any atom is -0.459 e. The molecule has 1 unspecified atom stereocenters. The van der Waals surface area contributed by atoms with Gasteiger partial charge in [0.25, 0.3) is 0 Å². The molecule has 1 aliphatic rings. The third-order valence-corrected chi connectivity index (χ3v) is 3.89. The molecule has 0 fully saturated rings. The molecule has 0 bridgehead atoms. The second-order valence-electron chi connectivity index (χ2n) is 5.22. The summed E-state index contributed by atoms with van der Waals surface area (Å²) in [5, 5.41) is 4.32. The Morgan fingerprint density at radius 1 is 1.10 bits per heavy atom. The number of furan rings is 1. The molecule has 100 valence electrons. The molecule has 2 aromatic carbocycles. The van der Waals surface area contributed by atoms with Gasteiger partial charge < -0.3 is 9.73 Å². The van der Waals surface area contributed by atoms with Gasteiger partial charge >= 0.3 is 0 Å². The van der Waals surface area contributed by atoms with Crippen LogP contribution in [0.5, 0.6) is 0 Å². The van der Waals surface area contributed by atoms with Gasteiger partial charge in [-0.15, -0.1) is 0 Å². The van der Waals surface area contributed by atoms with E-state index in [2.05, 4.69) is 23.5 Å². The lowest BCUT2D eigenvalue weighted by Gasteiger charge is -2.25. The Bertz CT molecular complexity index is 778. The molecule has 1 aliphatic heterocycles. The van der Waals surface area contributed by atoms with Crippen LogP contribution >= 0.6 is 0 Å². The third kappa shape index (κ3) is 1.86. The summed E-state index contributed by atoms with van der Waals surface area (Å²) in [6.07, 6.45) is 2.01. The van der Waals surface area contributed by atoms with Crippen molar-refractivity contribution in [3.8, 4) is 0 Å². The second kappa shape index (κ2) is 4.37. The van der Waals surface area contributed by atoms with Crippen molar-refractivity contribution in [1.29, 1.82) is 0 Å². The van der Waals surface area contributed by atoms with E-state index < -0.39 is 0 Å². The van der Waals surface area contributed by atoms with Crippen LogP contribution in [0.15, 0.2) is 52.9 Å². The van der Waals surface area contributed by atoms with Crippen LogP contribution in [0.25, 0.3) is 11.0 Å². The minimum atomic E-state index is -0.230. The van der Waals surface area contributed by atoms with E-state index in [0.717, 1.165) is 35.3 Å². The topological polar surface area (TPSA) is 25.2 Å².